The first kappa shape index (κ1) is 17.4. The lowest BCUT2D eigenvalue weighted by Crippen LogP contribution is -2.37. The summed E-state index contributed by atoms with van der Waals surface area (Å²) in [6.07, 6.45) is 10.8. The van der Waals surface area contributed by atoms with Gasteiger partial charge >= 0.3 is 0 Å². The summed E-state index contributed by atoms with van der Waals surface area (Å²) in [7, 11) is 0. The molecule has 2 saturated carbocycles. The fourth-order valence-corrected chi connectivity index (χ4v) is 6.13. The van der Waals surface area contributed by atoms with Crippen LogP contribution in [0.2, 0.25) is 0 Å². The lowest BCUT2D eigenvalue weighted by atomic mass is 9.73. The Morgan fingerprint density at radius 1 is 1.07 bits per heavy atom. The normalized spacial score (nSPS) is 37.5. The molecule has 148 valence electrons. The predicted molar refractivity (Wildman–Crippen MR) is 113 cm³/mol. The van der Waals surface area contributed by atoms with Crippen molar-refractivity contribution in [2.75, 3.05) is 5.32 Å². The van der Waals surface area contributed by atoms with Gasteiger partial charge in [0.25, 0.3) is 0 Å². The van der Waals surface area contributed by atoms with E-state index in [0.29, 0.717) is 29.8 Å². The van der Waals surface area contributed by atoms with Crippen LogP contribution in [0.15, 0.2) is 54.7 Å². The summed E-state index contributed by atoms with van der Waals surface area (Å²) in [6, 6.07) is 15.1. The van der Waals surface area contributed by atoms with Crippen molar-refractivity contribution in [1.29, 1.82) is 0 Å². The maximum absolute atomic E-state index is 12.8. The zero-order valence-electron chi connectivity index (χ0n) is 16.3. The molecule has 5 heteroatoms. The van der Waals surface area contributed by atoms with Crippen molar-refractivity contribution in [3.05, 3.63) is 66.0 Å². The molecule has 5 nitrogen and oxygen atoms in total. The number of nitrogens with zero attached hydrogens (tertiary/aromatic N) is 1. The van der Waals surface area contributed by atoms with Crippen LogP contribution in [0.1, 0.15) is 36.9 Å². The van der Waals surface area contributed by atoms with Crippen molar-refractivity contribution in [3.63, 3.8) is 0 Å². The second-order valence-corrected chi connectivity index (χ2v) is 9.05. The van der Waals surface area contributed by atoms with E-state index in [1.54, 1.807) is 0 Å². The van der Waals surface area contributed by atoms with Crippen LogP contribution in [0, 0.1) is 17.8 Å². The van der Waals surface area contributed by atoms with E-state index in [2.05, 4.69) is 45.4 Å². The van der Waals surface area contributed by atoms with Crippen molar-refractivity contribution in [2.45, 2.75) is 43.2 Å². The van der Waals surface area contributed by atoms with E-state index in [0.717, 1.165) is 24.2 Å². The zero-order valence-corrected chi connectivity index (χ0v) is 16.3. The summed E-state index contributed by atoms with van der Waals surface area (Å²) in [4.78, 5) is 17.2. The maximum atomic E-state index is 12.8. The van der Waals surface area contributed by atoms with Gasteiger partial charge in [0.2, 0.25) is 5.91 Å². The molecule has 1 spiro atoms. The van der Waals surface area contributed by atoms with Crippen molar-refractivity contribution in [1.82, 2.24) is 15.8 Å². The quantitative estimate of drug-likeness (QED) is 0.758. The Hall–Kier alpha value is -2.50. The van der Waals surface area contributed by atoms with Gasteiger partial charge in [0.1, 0.15) is 0 Å². The third-order valence-corrected chi connectivity index (χ3v) is 7.65. The molecule has 6 atom stereocenters. The summed E-state index contributed by atoms with van der Waals surface area (Å²) in [5.74, 6) is 1.92. The van der Waals surface area contributed by atoms with Gasteiger partial charge in [-0.05, 0) is 73.3 Å². The predicted octanol–water partition coefficient (Wildman–Crippen LogP) is 3.27. The number of benzene rings is 1. The van der Waals surface area contributed by atoms with E-state index >= 15 is 0 Å². The molecule has 1 aromatic carbocycles. The van der Waals surface area contributed by atoms with Crippen molar-refractivity contribution in [3.8, 4) is 0 Å². The first-order valence-corrected chi connectivity index (χ1v) is 10.8. The van der Waals surface area contributed by atoms with Gasteiger partial charge in [0.15, 0.2) is 0 Å². The molecule has 6 rings (SSSR count). The van der Waals surface area contributed by atoms with Crippen LogP contribution >= 0.6 is 0 Å². The number of anilines is 1. The summed E-state index contributed by atoms with van der Waals surface area (Å²) >= 11 is 0. The average Bonchev–Trinajstić information content (AvgIpc) is 3.29. The Morgan fingerprint density at radius 2 is 1.97 bits per heavy atom. The van der Waals surface area contributed by atoms with Crippen LogP contribution in [-0.2, 0) is 10.2 Å². The maximum Gasteiger partial charge on any atom is 0.235 e. The van der Waals surface area contributed by atoms with Gasteiger partial charge in [-0.15, -0.1) is 0 Å². The fraction of sp³-hybridized carbons (Fsp3) is 0.417. The summed E-state index contributed by atoms with van der Waals surface area (Å²) in [5.41, 5.74) is 10.0. The number of hydrazine groups is 1. The molecule has 2 aliphatic carbocycles. The highest BCUT2D eigenvalue weighted by molar-refractivity contribution is 6.08. The summed E-state index contributed by atoms with van der Waals surface area (Å²) < 4.78 is 0. The largest absolute Gasteiger partial charge is 0.325 e. The molecule has 2 aliphatic heterocycles. The second-order valence-electron chi connectivity index (χ2n) is 9.05. The Balaban J connectivity index is 1.15. The number of nitrogens with one attached hydrogen (secondary N) is 3. The van der Waals surface area contributed by atoms with Crippen LogP contribution < -0.4 is 16.2 Å². The van der Waals surface area contributed by atoms with Crippen LogP contribution in [0.4, 0.5) is 5.69 Å². The number of amides is 1. The highest BCUT2D eigenvalue weighted by atomic mass is 16.2. The van der Waals surface area contributed by atoms with Crippen molar-refractivity contribution in [2.24, 2.45) is 17.8 Å². The molecule has 1 saturated heterocycles. The Bertz CT molecular complexity index is 974. The monoisotopic (exact) mass is 386 g/mol. The number of aromatic nitrogens is 1. The van der Waals surface area contributed by atoms with Gasteiger partial charge in [0, 0.05) is 24.0 Å². The summed E-state index contributed by atoms with van der Waals surface area (Å²) in [5, 5.41) is 3.12. The number of fused-ring (bicyclic) bond motifs is 3. The van der Waals surface area contributed by atoms with Crippen LogP contribution in [0.25, 0.3) is 6.08 Å². The minimum atomic E-state index is -0.252. The van der Waals surface area contributed by atoms with Gasteiger partial charge in [-0.2, -0.15) is 0 Å². The molecular weight excluding hydrogens is 360 g/mol. The van der Waals surface area contributed by atoms with Gasteiger partial charge in [-0.1, -0.05) is 30.3 Å². The van der Waals surface area contributed by atoms with Gasteiger partial charge in [0.05, 0.1) is 11.1 Å². The third kappa shape index (κ3) is 2.68. The van der Waals surface area contributed by atoms with Gasteiger partial charge in [-0.25, -0.2) is 0 Å². The van der Waals surface area contributed by atoms with E-state index in [1.807, 2.05) is 36.5 Å². The topological polar surface area (TPSA) is 66.0 Å². The smallest absolute Gasteiger partial charge is 0.235 e. The van der Waals surface area contributed by atoms with E-state index in [1.165, 1.54) is 18.4 Å². The number of para-hydroxylation sites is 1. The lowest BCUT2D eigenvalue weighted by molar-refractivity contribution is -0.118. The number of pyridine rings is 1. The van der Waals surface area contributed by atoms with E-state index < -0.39 is 0 Å². The number of rotatable bonds is 3. The van der Waals surface area contributed by atoms with Gasteiger partial charge in [-0.3, -0.25) is 20.6 Å². The molecule has 4 unspecified atom stereocenters. The molecule has 4 aliphatic rings. The molecule has 1 aromatic heterocycles. The third-order valence-electron chi connectivity index (χ3n) is 7.65. The Morgan fingerprint density at radius 3 is 2.86 bits per heavy atom. The number of hydrogen-bond donors (Lipinski definition) is 3. The minimum absolute atomic E-state index is 0.222. The molecule has 1 amide bonds. The number of carbonyl (C=O) groups excluding carboxylic acids is 1. The van der Waals surface area contributed by atoms with E-state index in [4.69, 9.17) is 0 Å². The molecule has 0 bridgehead atoms. The molecule has 0 radical (unpaired) electrons. The fourth-order valence-electron chi connectivity index (χ4n) is 6.13. The standard InChI is InChI=1S/C24H26N4O/c29-23-24(18-6-1-2-7-21(18)26-23)14-19(24)15-8-10-17-20(27-28-22(17)13-15)11-9-16-5-3-4-12-25-16/h1-7,9,11-12,15,17,19-20,22,27-28H,8,10,13-14H2,(H,26,29)/b11-9+/t15?,17?,19-,20?,22?,24-/m0/s1. The highest BCUT2D eigenvalue weighted by Crippen LogP contribution is 2.64. The molecule has 3 heterocycles. The number of hydrogen-bond acceptors (Lipinski definition) is 4. The highest BCUT2D eigenvalue weighted by Gasteiger charge is 2.67. The molecule has 2 aromatic rings. The van der Waals surface area contributed by atoms with Crippen LogP contribution in [0.5, 0.6) is 0 Å². The molecule has 3 fully saturated rings. The summed E-state index contributed by atoms with van der Waals surface area (Å²) in [6.45, 7) is 0. The van der Waals surface area contributed by atoms with Crippen LogP contribution in [-0.4, -0.2) is 23.0 Å². The SMILES string of the molecule is O=C1Nc2ccccc2[C@]12C[C@H]2C1CCC2C(/C=C/c3ccccn3)NNC2C1. The zero-order chi connectivity index (χ0) is 19.4. The average molecular weight is 386 g/mol. The van der Waals surface area contributed by atoms with Crippen molar-refractivity contribution < 1.29 is 4.79 Å². The first-order chi connectivity index (χ1) is 14.3. The number of carbonyl (C=O) groups is 1. The van der Waals surface area contributed by atoms with E-state index in [-0.39, 0.29) is 11.3 Å². The van der Waals surface area contributed by atoms with Crippen LogP contribution in [0.3, 0.4) is 0 Å². The van der Waals surface area contributed by atoms with Gasteiger partial charge < -0.3 is 5.32 Å². The van der Waals surface area contributed by atoms with E-state index in [9.17, 15) is 4.79 Å². The second kappa shape index (κ2) is 6.51. The Kier molecular flexibility index (Phi) is 3.90. The van der Waals surface area contributed by atoms with Crippen molar-refractivity contribution >= 4 is 17.7 Å². The molecule has 29 heavy (non-hydrogen) atoms. The lowest BCUT2D eigenvalue weighted by Gasteiger charge is -2.33. The molecule has 3 N–H and O–H groups in total. The Labute approximate surface area is 171 Å². The minimum Gasteiger partial charge on any atom is -0.325 e. The first-order valence-electron chi connectivity index (χ1n) is 10.8. The molecular formula is C24H26N4O.